The van der Waals surface area contributed by atoms with Crippen LogP contribution in [0.4, 0.5) is 4.79 Å². The molecule has 1 aromatic carbocycles. The Labute approximate surface area is 138 Å². The van der Waals surface area contributed by atoms with Crippen molar-refractivity contribution < 1.29 is 14.3 Å². The van der Waals surface area contributed by atoms with E-state index in [1.165, 1.54) is 32.1 Å². The first kappa shape index (κ1) is 16.3. The Kier molecular flexibility index (Phi) is 5.92. The second-order valence-electron chi connectivity index (χ2n) is 6.78. The lowest BCUT2D eigenvalue weighted by atomic mass is 9.85. The van der Waals surface area contributed by atoms with Crippen LogP contribution in [0, 0.1) is 5.92 Å². The van der Waals surface area contributed by atoms with Gasteiger partial charge in [0.1, 0.15) is 6.10 Å². The molecule has 1 amide bonds. The number of carbonyl (C=O) groups is 1. The molecule has 3 rings (SSSR count). The number of rotatable bonds is 7. The largest absolute Gasteiger partial charge is 0.444 e. The van der Waals surface area contributed by atoms with E-state index in [-0.39, 0.29) is 18.2 Å². The summed E-state index contributed by atoms with van der Waals surface area (Å²) >= 11 is 0. The van der Waals surface area contributed by atoms with Gasteiger partial charge in [-0.2, -0.15) is 0 Å². The first-order chi connectivity index (χ1) is 11.3. The standard InChI is InChI=1S/C19H27NO3/c21-19-20-17(14-22-13-16-9-5-2-6-10-16)18(23-19)12-11-15-7-3-1-4-8-15/h2,5-6,9-10,15,17-18H,1,3-4,7-8,11-14H2,(H,20,21)/t17-,18-/m0/s1. The number of cyclic esters (lactones) is 1. The number of benzene rings is 1. The van der Waals surface area contributed by atoms with E-state index in [4.69, 9.17) is 9.47 Å². The maximum atomic E-state index is 11.6. The van der Waals surface area contributed by atoms with Gasteiger partial charge < -0.3 is 14.8 Å². The third-order valence-electron chi connectivity index (χ3n) is 5.00. The molecule has 4 heteroatoms. The van der Waals surface area contributed by atoms with Gasteiger partial charge in [-0.15, -0.1) is 0 Å². The van der Waals surface area contributed by atoms with Crippen molar-refractivity contribution >= 4 is 6.09 Å². The monoisotopic (exact) mass is 317 g/mol. The smallest absolute Gasteiger partial charge is 0.407 e. The Morgan fingerprint density at radius 2 is 1.87 bits per heavy atom. The van der Waals surface area contributed by atoms with Gasteiger partial charge in [0.2, 0.25) is 0 Å². The molecule has 1 aromatic rings. The summed E-state index contributed by atoms with van der Waals surface area (Å²) in [5.74, 6) is 0.814. The van der Waals surface area contributed by atoms with Gasteiger partial charge >= 0.3 is 6.09 Å². The zero-order valence-corrected chi connectivity index (χ0v) is 13.7. The van der Waals surface area contributed by atoms with Crippen molar-refractivity contribution in [1.82, 2.24) is 5.32 Å². The lowest BCUT2D eigenvalue weighted by Crippen LogP contribution is -2.36. The second kappa shape index (κ2) is 8.34. The van der Waals surface area contributed by atoms with Crippen LogP contribution in [0.25, 0.3) is 0 Å². The SMILES string of the molecule is O=C1N[C@@H](COCc2ccccc2)[C@H](CCC2CCCCC2)O1. The third kappa shape index (κ3) is 4.96. The fourth-order valence-corrected chi connectivity index (χ4v) is 3.66. The highest BCUT2D eigenvalue weighted by atomic mass is 16.6. The molecule has 23 heavy (non-hydrogen) atoms. The molecule has 1 aliphatic heterocycles. The number of hydrogen-bond acceptors (Lipinski definition) is 3. The van der Waals surface area contributed by atoms with E-state index in [2.05, 4.69) is 5.32 Å². The average molecular weight is 317 g/mol. The molecular formula is C19H27NO3. The van der Waals surface area contributed by atoms with E-state index in [0.29, 0.717) is 13.2 Å². The van der Waals surface area contributed by atoms with Crippen molar-refractivity contribution in [3.8, 4) is 0 Å². The van der Waals surface area contributed by atoms with Gasteiger partial charge in [0.05, 0.1) is 19.3 Å². The molecule has 0 unspecified atom stereocenters. The van der Waals surface area contributed by atoms with E-state index >= 15 is 0 Å². The Hall–Kier alpha value is -1.55. The Morgan fingerprint density at radius 1 is 1.09 bits per heavy atom. The molecule has 0 bridgehead atoms. The Balaban J connectivity index is 1.42. The van der Waals surface area contributed by atoms with Crippen molar-refractivity contribution in [3.63, 3.8) is 0 Å². The molecule has 2 atom stereocenters. The van der Waals surface area contributed by atoms with Gasteiger partial charge in [-0.3, -0.25) is 0 Å². The van der Waals surface area contributed by atoms with Crippen molar-refractivity contribution in [2.24, 2.45) is 5.92 Å². The minimum absolute atomic E-state index is 0.0187. The molecule has 4 nitrogen and oxygen atoms in total. The summed E-state index contributed by atoms with van der Waals surface area (Å²) in [6, 6.07) is 10.1. The number of carbonyl (C=O) groups excluding carboxylic acids is 1. The molecule has 0 radical (unpaired) electrons. The highest BCUT2D eigenvalue weighted by Gasteiger charge is 2.34. The summed E-state index contributed by atoms with van der Waals surface area (Å²) in [5, 5.41) is 2.89. The maximum absolute atomic E-state index is 11.6. The van der Waals surface area contributed by atoms with Crippen LogP contribution in [0.1, 0.15) is 50.5 Å². The first-order valence-corrected chi connectivity index (χ1v) is 8.90. The van der Waals surface area contributed by atoms with Gasteiger partial charge in [-0.05, 0) is 24.3 Å². The van der Waals surface area contributed by atoms with Crippen LogP contribution in [0.5, 0.6) is 0 Å². The molecule has 1 aliphatic carbocycles. The second-order valence-corrected chi connectivity index (χ2v) is 6.78. The first-order valence-electron chi connectivity index (χ1n) is 8.90. The van der Waals surface area contributed by atoms with E-state index in [9.17, 15) is 4.79 Å². The van der Waals surface area contributed by atoms with Gasteiger partial charge in [-0.1, -0.05) is 62.4 Å². The van der Waals surface area contributed by atoms with Crippen LogP contribution in [0.15, 0.2) is 30.3 Å². The van der Waals surface area contributed by atoms with Gasteiger partial charge in [0.15, 0.2) is 0 Å². The van der Waals surface area contributed by atoms with Gasteiger partial charge in [0.25, 0.3) is 0 Å². The summed E-state index contributed by atoms with van der Waals surface area (Å²) in [6.45, 7) is 1.08. The van der Waals surface area contributed by atoms with Crippen LogP contribution in [-0.2, 0) is 16.1 Å². The summed E-state index contributed by atoms with van der Waals surface area (Å²) in [7, 11) is 0. The Morgan fingerprint density at radius 3 is 2.65 bits per heavy atom. The highest BCUT2D eigenvalue weighted by molar-refractivity contribution is 5.70. The van der Waals surface area contributed by atoms with Crippen molar-refractivity contribution in [1.29, 1.82) is 0 Å². The van der Waals surface area contributed by atoms with Gasteiger partial charge in [-0.25, -0.2) is 4.79 Å². The predicted octanol–water partition coefficient (Wildman–Crippen LogP) is 4.04. The molecule has 1 saturated heterocycles. The predicted molar refractivity (Wildman–Crippen MR) is 89.1 cm³/mol. The van der Waals surface area contributed by atoms with Crippen LogP contribution in [0.3, 0.4) is 0 Å². The molecule has 2 fully saturated rings. The van der Waals surface area contributed by atoms with E-state index in [1.54, 1.807) is 0 Å². The van der Waals surface area contributed by atoms with Crippen molar-refractivity contribution in [2.45, 2.75) is 63.7 Å². The lowest BCUT2D eigenvalue weighted by Gasteiger charge is -2.24. The number of amides is 1. The minimum atomic E-state index is -0.299. The number of alkyl carbamates (subject to hydrolysis) is 1. The maximum Gasteiger partial charge on any atom is 0.407 e. The molecule has 0 aromatic heterocycles. The third-order valence-corrected chi connectivity index (χ3v) is 5.00. The zero-order chi connectivity index (χ0) is 15.9. The van der Waals surface area contributed by atoms with E-state index in [1.807, 2.05) is 30.3 Å². The molecule has 1 saturated carbocycles. The van der Waals surface area contributed by atoms with Crippen molar-refractivity contribution in [2.75, 3.05) is 6.61 Å². The van der Waals surface area contributed by atoms with Crippen molar-refractivity contribution in [3.05, 3.63) is 35.9 Å². The molecule has 1 N–H and O–H groups in total. The zero-order valence-electron chi connectivity index (χ0n) is 13.7. The summed E-state index contributed by atoms with van der Waals surface area (Å²) in [6.07, 6.45) is 8.54. The molecule has 0 spiro atoms. The van der Waals surface area contributed by atoms with Crippen LogP contribution in [-0.4, -0.2) is 24.8 Å². The fraction of sp³-hybridized carbons (Fsp3) is 0.632. The van der Waals surface area contributed by atoms with Crippen LogP contribution >= 0.6 is 0 Å². The lowest BCUT2D eigenvalue weighted by molar-refractivity contribution is 0.0653. The molecule has 126 valence electrons. The van der Waals surface area contributed by atoms with Gasteiger partial charge in [0, 0.05) is 0 Å². The summed E-state index contributed by atoms with van der Waals surface area (Å²) in [4.78, 5) is 11.6. The number of nitrogens with one attached hydrogen (secondary N) is 1. The quantitative estimate of drug-likeness (QED) is 0.825. The molecule has 1 heterocycles. The topological polar surface area (TPSA) is 47.6 Å². The molecule has 2 aliphatic rings. The summed E-state index contributed by atoms with van der Waals surface area (Å²) < 4.78 is 11.2. The van der Waals surface area contributed by atoms with Crippen LogP contribution in [0.2, 0.25) is 0 Å². The van der Waals surface area contributed by atoms with E-state index < -0.39 is 0 Å². The van der Waals surface area contributed by atoms with E-state index in [0.717, 1.165) is 24.3 Å². The minimum Gasteiger partial charge on any atom is -0.444 e. The number of ether oxygens (including phenoxy) is 2. The number of hydrogen-bond donors (Lipinski definition) is 1. The normalized spacial score (nSPS) is 25.1. The Bertz CT molecular complexity index is 485. The average Bonchev–Trinajstić information content (AvgIpc) is 2.95. The molecular weight excluding hydrogens is 290 g/mol. The summed E-state index contributed by atoms with van der Waals surface area (Å²) in [5.41, 5.74) is 1.15. The highest BCUT2D eigenvalue weighted by Crippen LogP contribution is 2.29. The fourth-order valence-electron chi connectivity index (χ4n) is 3.66. The van der Waals surface area contributed by atoms with Crippen LogP contribution < -0.4 is 5.32 Å².